The van der Waals surface area contributed by atoms with Gasteiger partial charge in [-0.15, -0.1) is 0 Å². The first kappa shape index (κ1) is 16.7. The van der Waals surface area contributed by atoms with Gasteiger partial charge in [-0.3, -0.25) is 9.69 Å². The fourth-order valence-electron chi connectivity index (χ4n) is 1.96. The van der Waals surface area contributed by atoms with Crippen LogP contribution in [0.25, 0.3) is 0 Å². The summed E-state index contributed by atoms with van der Waals surface area (Å²) >= 11 is 0. The van der Waals surface area contributed by atoms with Crippen LogP contribution in [0.3, 0.4) is 0 Å². The molecule has 1 rings (SSSR count). The molecule has 1 aliphatic heterocycles. The second-order valence-corrected chi connectivity index (χ2v) is 5.36. The Labute approximate surface area is 119 Å². The standard InChI is InChI=1S/C13H25N3O4/c1-11(2)10-20-8-3-14-13(19)16-6-4-15(5-7-16)9-12(17)18/h11H,3-10H2,1-2H3,(H,14,19)(H,17,18). The van der Waals surface area contributed by atoms with Gasteiger partial charge in [0.1, 0.15) is 0 Å². The highest BCUT2D eigenvalue weighted by Crippen LogP contribution is 2.01. The Balaban J connectivity index is 2.11. The number of aliphatic carboxylic acids is 1. The van der Waals surface area contributed by atoms with Gasteiger partial charge in [-0.1, -0.05) is 13.8 Å². The highest BCUT2D eigenvalue weighted by atomic mass is 16.5. The van der Waals surface area contributed by atoms with Crippen molar-refractivity contribution in [3.8, 4) is 0 Å². The first-order valence-electron chi connectivity index (χ1n) is 7.03. The van der Waals surface area contributed by atoms with E-state index in [0.717, 1.165) is 0 Å². The van der Waals surface area contributed by atoms with Gasteiger partial charge in [0.15, 0.2) is 0 Å². The maximum atomic E-state index is 11.8. The molecule has 0 aliphatic carbocycles. The number of hydrogen-bond acceptors (Lipinski definition) is 4. The Morgan fingerprint density at radius 2 is 1.90 bits per heavy atom. The van der Waals surface area contributed by atoms with Gasteiger partial charge < -0.3 is 20.1 Å². The molecule has 0 atom stereocenters. The van der Waals surface area contributed by atoms with Crippen molar-refractivity contribution < 1.29 is 19.4 Å². The van der Waals surface area contributed by atoms with Crippen molar-refractivity contribution in [2.45, 2.75) is 13.8 Å². The smallest absolute Gasteiger partial charge is 0.317 e. The normalized spacial score (nSPS) is 16.4. The van der Waals surface area contributed by atoms with Crippen LogP contribution in [0.1, 0.15) is 13.8 Å². The van der Waals surface area contributed by atoms with Crippen LogP contribution in [-0.2, 0) is 9.53 Å². The highest BCUT2D eigenvalue weighted by Gasteiger charge is 2.21. The minimum absolute atomic E-state index is 0.0402. The predicted octanol–water partition coefficient (Wildman–Crippen LogP) is 0.0708. The quantitative estimate of drug-likeness (QED) is 0.648. The lowest BCUT2D eigenvalue weighted by Crippen LogP contribution is -2.52. The van der Waals surface area contributed by atoms with Crippen LogP contribution in [0.2, 0.25) is 0 Å². The summed E-state index contributed by atoms with van der Waals surface area (Å²) in [4.78, 5) is 26.0. The summed E-state index contributed by atoms with van der Waals surface area (Å²) in [6.45, 7) is 8.24. The minimum Gasteiger partial charge on any atom is -0.480 e. The summed E-state index contributed by atoms with van der Waals surface area (Å²) in [6, 6.07) is -0.104. The van der Waals surface area contributed by atoms with Crippen molar-refractivity contribution in [1.29, 1.82) is 0 Å². The second kappa shape index (κ2) is 8.76. The SMILES string of the molecule is CC(C)COCCNC(=O)N1CCN(CC(=O)O)CC1. The summed E-state index contributed by atoms with van der Waals surface area (Å²) < 4.78 is 5.39. The van der Waals surface area contributed by atoms with Gasteiger partial charge in [-0.05, 0) is 5.92 Å². The molecule has 20 heavy (non-hydrogen) atoms. The number of nitrogens with zero attached hydrogens (tertiary/aromatic N) is 2. The summed E-state index contributed by atoms with van der Waals surface area (Å²) in [6.07, 6.45) is 0. The van der Waals surface area contributed by atoms with Gasteiger partial charge in [0, 0.05) is 39.3 Å². The summed E-state index contributed by atoms with van der Waals surface area (Å²) in [5.41, 5.74) is 0. The maximum absolute atomic E-state index is 11.8. The maximum Gasteiger partial charge on any atom is 0.317 e. The van der Waals surface area contributed by atoms with Gasteiger partial charge in [-0.2, -0.15) is 0 Å². The summed E-state index contributed by atoms with van der Waals surface area (Å²) in [5, 5.41) is 11.5. The number of nitrogens with one attached hydrogen (secondary N) is 1. The van der Waals surface area contributed by atoms with Crippen molar-refractivity contribution in [2.75, 3.05) is 52.5 Å². The molecule has 0 radical (unpaired) electrons. The largest absolute Gasteiger partial charge is 0.480 e. The molecule has 7 heteroatoms. The molecule has 2 N–H and O–H groups in total. The Hall–Kier alpha value is -1.34. The second-order valence-electron chi connectivity index (χ2n) is 5.36. The number of piperazine rings is 1. The van der Waals surface area contributed by atoms with Crippen LogP contribution < -0.4 is 5.32 Å². The van der Waals surface area contributed by atoms with Crippen LogP contribution in [0.15, 0.2) is 0 Å². The zero-order valence-corrected chi connectivity index (χ0v) is 12.3. The Kier molecular flexibility index (Phi) is 7.32. The van der Waals surface area contributed by atoms with Crippen LogP contribution >= 0.6 is 0 Å². The number of rotatable bonds is 7. The lowest BCUT2D eigenvalue weighted by atomic mass is 10.2. The molecule has 0 bridgehead atoms. The number of urea groups is 1. The van der Waals surface area contributed by atoms with Crippen LogP contribution in [0.4, 0.5) is 4.79 Å². The predicted molar refractivity (Wildman–Crippen MR) is 74.7 cm³/mol. The lowest BCUT2D eigenvalue weighted by Gasteiger charge is -2.33. The van der Waals surface area contributed by atoms with E-state index in [9.17, 15) is 9.59 Å². The molecular weight excluding hydrogens is 262 g/mol. The van der Waals surface area contributed by atoms with Crippen LogP contribution in [0.5, 0.6) is 0 Å². The molecule has 0 aromatic carbocycles. The van der Waals surface area contributed by atoms with E-state index in [-0.39, 0.29) is 12.6 Å². The van der Waals surface area contributed by atoms with E-state index in [2.05, 4.69) is 19.2 Å². The van der Waals surface area contributed by atoms with E-state index in [1.807, 2.05) is 4.90 Å². The van der Waals surface area contributed by atoms with Gasteiger partial charge in [0.05, 0.1) is 13.2 Å². The van der Waals surface area contributed by atoms with Crippen LogP contribution in [-0.4, -0.2) is 79.4 Å². The van der Waals surface area contributed by atoms with E-state index in [4.69, 9.17) is 9.84 Å². The van der Waals surface area contributed by atoms with E-state index in [0.29, 0.717) is 51.9 Å². The molecule has 7 nitrogen and oxygen atoms in total. The molecule has 0 aromatic rings. The Morgan fingerprint density at radius 3 is 2.45 bits per heavy atom. The van der Waals surface area contributed by atoms with Gasteiger partial charge in [-0.25, -0.2) is 4.79 Å². The fourth-order valence-corrected chi connectivity index (χ4v) is 1.96. The molecule has 0 aromatic heterocycles. The van der Waals surface area contributed by atoms with Gasteiger partial charge in [0.25, 0.3) is 0 Å². The van der Waals surface area contributed by atoms with E-state index >= 15 is 0 Å². The summed E-state index contributed by atoms with van der Waals surface area (Å²) in [5.74, 6) is -0.335. The average molecular weight is 287 g/mol. The number of ether oxygens (including phenoxy) is 1. The number of carbonyl (C=O) groups is 2. The molecule has 2 amide bonds. The van der Waals surface area contributed by atoms with E-state index in [1.165, 1.54) is 0 Å². The first-order valence-corrected chi connectivity index (χ1v) is 7.03. The van der Waals surface area contributed by atoms with Gasteiger partial charge in [0.2, 0.25) is 0 Å². The molecular formula is C13H25N3O4. The average Bonchev–Trinajstić information content (AvgIpc) is 2.38. The lowest BCUT2D eigenvalue weighted by molar-refractivity contribution is -0.138. The minimum atomic E-state index is -0.829. The van der Waals surface area contributed by atoms with Crippen molar-refractivity contribution in [3.63, 3.8) is 0 Å². The van der Waals surface area contributed by atoms with Gasteiger partial charge >= 0.3 is 12.0 Å². The molecule has 1 heterocycles. The van der Waals surface area contributed by atoms with E-state index < -0.39 is 5.97 Å². The number of hydrogen-bond donors (Lipinski definition) is 2. The molecule has 116 valence electrons. The molecule has 0 unspecified atom stereocenters. The third-order valence-electron chi connectivity index (χ3n) is 2.99. The van der Waals surface area contributed by atoms with Crippen molar-refractivity contribution in [2.24, 2.45) is 5.92 Å². The molecule has 1 fully saturated rings. The van der Waals surface area contributed by atoms with Crippen molar-refractivity contribution in [3.05, 3.63) is 0 Å². The third kappa shape index (κ3) is 6.72. The molecule has 0 saturated carbocycles. The Bertz CT molecular complexity index is 315. The fraction of sp³-hybridized carbons (Fsp3) is 0.846. The van der Waals surface area contributed by atoms with E-state index in [1.54, 1.807) is 4.90 Å². The first-order chi connectivity index (χ1) is 9.49. The molecule has 1 aliphatic rings. The van der Waals surface area contributed by atoms with Crippen LogP contribution in [0, 0.1) is 5.92 Å². The zero-order chi connectivity index (χ0) is 15.0. The molecule has 1 saturated heterocycles. The highest BCUT2D eigenvalue weighted by molar-refractivity contribution is 5.74. The van der Waals surface area contributed by atoms with Crippen molar-refractivity contribution >= 4 is 12.0 Å². The summed E-state index contributed by atoms with van der Waals surface area (Å²) in [7, 11) is 0. The third-order valence-corrected chi connectivity index (χ3v) is 2.99. The topological polar surface area (TPSA) is 82.1 Å². The number of carboxylic acid groups (broad SMARTS) is 1. The number of carbonyl (C=O) groups excluding carboxylic acids is 1. The monoisotopic (exact) mass is 287 g/mol. The molecule has 0 spiro atoms. The Morgan fingerprint density at radius 1 is 1.25 bits per heavy atom. The number of amides is 2. The van der Waals surface area contributed by atoms with Crippen molar-refractivity contribution in [1.82, 2.24) is 15.1 Å². The zero-order valence-electron chi connectivity index (χ0n) is 12.3. The number of carboxylic acids is 1.